The number of alkyl halides is 3. The van der Waals surface area contributed by atoms with Gasteiger partial charge in [-0.1, -0.05) is 30.3 Å². The highest BCUT2D eigenvalue weighted by molar-refractivity contribution is 8.00. The molecule has 0 aliphatic heterocycles. The van der Waals surface area contributed by atoms with E-state index in [9.17, 15) is 18.0 Å². The van der Waals surface area contributed by atoms with E-state index >= 15 is 0 Å². The first-order valence-corrected chi connectivity index (χ1v) is 11.7. The normalized spacial score (nSPS) is 14.8. The molecule has 1 aliphatic rings. The van der Waals surface area contributed by atoms with Gasteiger partial charge in [0.05, 0.1) is 0 Å². The van der Waals surface area contributed by atoms with Crippen molar-refractivity contribution in [1.29, 1.82) is 0 Å². The van der Waals surface area contributed by atoms with Gasteiger partial charge in [-0.25, -0.2) is 9.97 Å². The van der Waals surface area contributed by atoms with Crippen LogP contribution in [0.4, 0.5) is 18.9 Å². The number of rotatable bonds is 8. The number of para-hydroxylation sites is 1. The maximum Gasteiger partial charge on any atom is 0.446 e. The van der Waals surface area contributed by atoms with Gasteiger partial charge < -0.3 is 4.90 Å². The van der Waals surface area contributed by atoms with Crippen molar-refractivity contribution >= 4 is 23.4 Å². The molecule has 0 spiro atoms. The van der Waals surface area contributed by atoms with Crippen molar-refractivity contribution in [3.63, 3.8) is 0 Å². The van der Waals surface area contributed by atoms with Gasteiger partial charge in [-0.15, -0.1) is 0 Å². The molecule has 1 aromatic heterocycles. The highest BCUT2D eigenvalue weighted by atomic mass is 32.2. The van der Waals surface area contributed by atoms with Gasteiger partial charge in [0.15, 0.2) is 0 Å². The van der Waals surface area contributed by atoms with Crippen LogP contribution in [0.3, 0.4) is 0 Å². The van der Waals surface area contributed by atoms with Crippen LogP contribution in [0, 0.1) is 6.92 Å². The molecular weight excluding hydrogens is 461 g/mol. The lowest BCUT2D eigenvalue weighted by molar-refractivity contribution is -0.124. The number of hydrogen-bond acceptors (Lipinski definition) is 5. The van der Waals surface area contributed by atoms with E-state index in [1.807, 2.05) is 31.2 Å². The molecule has 1 unspecified atom stereocenters. The number of amides is 1. The second-order valence-electron chi connectivity index (χ2n) is 8.36. The van der Waals surface area contributed by atoms with Gasteiger partial charge in [0.1, 0.15) is 12.4 Å². The smallest absolute Gasteiger partial charge is 0.314 e. The first-order chi connectivity index (χ1) is 16.2. The third-order valence-corrected chi connectivity index (χ3v) is 6.50. The van der Waals surface area contributed by atoms with Crippen molar-refractivity contribution in [2.24, 2.45) is 0 Å². The van der Waals surface area contributed by atoms with Crippen LogP contribution in [0.1, 0.15) is 35.6 Å². The number of benzene rings is 2. The van der Waals surface area contributed by atoms with Gasteiger partial charge in [0.2, 0.25) is 5.91 Å². The van der Waals surface area contributed by atoms with Crippen LogP contribution in [0.5, 0.6) is 0 Å². The van der Waals surface area contributed by atoms with Crippen molar-refractivity contribution in [3.8, 4) is 0 Å². The first-order valence-electron chi connectivity index (χ1n) is 10.9. The van der Waals surface area contributed by atoms with E-state index in [1.54, 1.807) is 42.5 Å². The highest BCUT2D eigenvalue weighted by Crippen LogP contribution is 2.39. The Labute approximate surface area is 201 Å². The van der Waals surface area contributed by atoms with Gasteiger partial charge in [0.25, 0.3) is 0 Å². The van der Waals surface area contributed by atoms with Gasteiger partial charge in [-0.3, -0.25) is 9.69 Å². The average Bonchev–Trinajstić information content (AvgIpc) is 3.64. The van der Waals surface area contributed by atoms with Crippen molar-refractivity contribution in [2.75, 3.05) is 11.9 Å². The fourth-order valence-corrected chi connectivity index (χ4v) is 4.68. The summed E-state index contributed by atoms with van der Waals surface area (Å²) in [6.45, 7) is 2.28. The van der Waals surface area contributed by atoms with Crippen LogP contribution < -0.4 is 4.90 Å². The van der Waals surface area contributed by atoms with Crippen LogP contribution in [-0.4, -0.2) is 39.4 Å². The minimum atomic E-state index is -4.36. The monoisotopic (exact) mass is 486 g/mol. The second kappa shape index (κ2) is 10.1. The van der Waals surface area contributed by atoms with E-state index in [-0.39, 0.29) is 28.6 Å². The molecule has 1 saturated carbocycles. The Morgan fingerprint density at radius 1 is 1.12 bits per heavy atom. The number of likely N-dealkylation sites (N-methyl/N-ethyl adjacent to an activating group) is 1. The fourth-order valence-electron chi connectivity index (χ4n) is 4.06. The Bertz CT molecular complexity index is 1140. The molecule has 1 heterocycles. The Hall–Kier alpha value is -2.91. The molecule has 0 N–H and O–H groups in total. The van der Waals surface area contributed by atoms with Crippen molar-refractivity contribution in [3.05, 3.63) is 83.9 Å². The lowest BCUT2D eigenvalue weighted by atomic mass is 10.0. The molecular formula is C25H25F3N4OS. The Balaban J connectivity index is 1.68. The van der Waals surface area contributed by atoms with Gasteiger partial charge in [-0.2, -0.15) is 13.2 Å². The quantitative estimate of drug-likeness (QED) is 0.379. The topological polar surface area (TPSA) is 49.3 Å². The predicted octanol–water partition coefficient (Wildman–Crippen LogP) is 5.77. The summed E-state index contributed by atoms with van der Waals surface area (Å²) in [6.07, 6.45) is 6.51. The molecule has 178 valence electrons. The standard InChI is InChI=1S/C25H25F3N4OS/c1-17-6-3-4-9-22(17)31(2)24(33)23(19-13-29-16-30-14-19)32(20-10-11-20)15-18-7-5-8-21(12-18)34-25(26,27)28/h3-9,12-14,16,20,23H,10-11,15H2,1-2H3. The molecule has 0 radical (unpaired) electrons. The van der Waals surface area contributed by atoms with Crippen molar-refractivity contribution < 1.29 is 18.0 Å². The van der Waals surface area contributed by atoms with Crippen LogP contribution in [0.15, 0.2) is 72.1 Å². The predicted molar refractivity (Wildman–Crippen MR) is 126 cm³/mol. The number of nitrogens with zero attached hydrogens (tertiary/aromatic N) is 4. The summed E-state index contributed by atoms with van der Waals surface area (Å²) in [5.41, 5.74) is -1.22. The highest BCUT2D eigenvalue weighted by Gasteiger charge is 2.40. The second-order valence-corrected chi connectivity index (χ2v) is 9.50. The maximum atomic E-state index is 13.9. The van der Waals surface area contributed by atoms with E-state index in [0.717, 1.165) is 24.1 Å². The molecule has 34 heavy (non-hydrogen) atoms. The van der Waals surface area contributed by atoms with Crippen LogP contribution in [0.2, 0.25) is 0 Å². The van der Waals surface area contributed by atoms with Gasteiger partial charge >= 0.3 is 5.51 Å². The third kappa shape index (κ3) is 5.95. The summed E-state index contributed by atoms with van der Waals surface area (Å²) >= 11 is -0.133. The number of aromatic nitrogens is 2. The summed E-state index contributed by atoms with van der Waals surface area (Å²) in [5, 5.41) is 0. The third-order valence-electron chi connectivity index (χ3n) is 5.78. The molecule has 1 amide bonds. The zero-order chi connectivity index (χ0) is 24.3. The Morgan fingerprint density at radius 3 is 2.47 bits per heavy atom. The van der Waals surface area contributed by atoms with Gasteiger partial charge in [0, 0.05) is 48.2 Å². The molecule has 1 fully saturated rings. The summed E-state index contributed by atoms with van der Waals surface area (Å²) < 4.78 is 38.7. The average molecular weight is 487 g/mol. The summed E-state index contributed by atoms with van der Waals surface area (Å²) in [4.78, 5) is 26.0. The molecule has 4 rings (SSSR count). The lowest BCUT2D eigenvalue weighted by Crippen LogP contribution is -2.42. The van der Waals surface area contributed by atoms with E-state index in [0.29, 0.717) is 17.7 Å². The molecule has 5 nitrogen and oxygen atoms in total. The number of aryl methyl sites for hydroxylation is 1. The molecule has 0 bridgehead atoms. The molecule has 1 aliphatic carbocycles. The van der Waals surface area contributed by atoms with E-state index in [1.165, 1.54) is 12.4 Å². The number of halogens is 3. The largest absolute Gasteiger partial charge is 0.446 e. The molecule has 2 aromatic carbocycles. The first kappa shape index (κ1) is 24.2. The molecule has 1 atom stereocenters. The summed E-state index contributed by atoms with van der Waals surface area (Å²) in [7, 11) is 1.74. The van der Waals surface area contributed by atoms with Crippen LogP contribution >= 0.6 is 11.8 Å². The Kier molecular flexibility index (Phi) is 7.23. The fraction of sp³-hybridized carbons (Fsp3) is 0.320. The molecule has 0 saturated heterocycles. The van der Waals surface area contributed by atoms with Crippen molar-refractivity contribution in [2.45, 2.75) is 48.8 Å². The van der Waals surface area contributed by atoms with Crippen LogP contribution in [0.25, 0.3) is 0 Å². The summed E-state index contributed by atoms with van der Waals surface area (Å²) in [6, 6.07) is 13.5. The Morgan fingerprint density at radius 2 is 1.82 bits per heavy atom. The SMILES string of the molecule is Cc1ccccc1N(C)C(=O)C(c1cncnc1)N(Cc1cccc(SC(F)(F)F)c1)C1CC1. The number of thioether (sulfide) groups is 1. The number of anilines is 1. The number of carbonyl (C=O) groups excluding carboxylic acids is 1. The zero-order valence-electron chi connectivity index (χ0n) is 18.9. The minimum absolute atomic E-state index is 0.128. The van der Waals surface area contributed by atoms with Crippen LogP contribution in [-0.2, 0) is 11.3 Å². The molecule has 3 aromatic rings. The summed E-state index contributed by atoms with van der Waals surface area (Å²) in [5.74, 6) is -0.142. The van der Waals surface area contributed by atoms with E-state index < -0.39 is 11.6 Å². The maximum absolute atomic E-state index is 13.9. The van der Waals surface area contributed by atoms with Crippen molar-refractivity contribution in [1.82, 2.24) is 14.9 Å². The zero-order valence-corrected chi connectivity index (χ0v) is 19.7. The van der Waals surface area contributed by atoms with Gasteiger partial charge in [-0.05, 0) is 60.9 Å². The number of hydrogen-bond donors (Lipinski definition) is 0. The lowest BCUT2D eigenvalue weighted by Gasteiger charge is -2.34. The minimum Gasteiger partial charge on any atom is -0.314 e. The molecule has 9 heteroatoms. The van der Waals surface area contributed by atoms with E-state index in [2.05, 4.69) is 14.9 Å². The van der Waals surface area contributed by atoms with E-state index in [4.69, 9.17) is 0 Å². The number of carbonyl (C=O) groups is 1.